The Morgan fingerprint density at radius 2 is 2.07 bits per heavy atom. The molecular weight excluding hydrogens is 408 g/mol. The molecule has 0 N–H and O–H groups in total. The van der Waals surface area contributed by atoms with Crippen molar-refractivity contribution in [1.82, 2.24) is 14.9 Å². The Morgan fingerprint density at radius 3 is 2.67 bits per heavy atom. The Morgan fingerprint density at radius 1 is 1.30 bits per heavy atom. The van der Waals surface area contributed by atoms with Crippen molar-refractivity contribution in [2.24, 2.45) is 5.92 Å². The Balaban J connectivity index is 2.06. The van der Waals surface area contributed by atoms with Gasteiger partial charge in [-0.05, 0) is 51.0 Å². The average Bonchev–Trinajstić information content (AvgIpc) is 3.53. The van der Waals surface area contributed by atoms with Gasteiger partial charge in [0.25, 0.3) is 0 Å². The second-order valence-electron chi connectivity index (χ2n) is 7.30. The predicted molar refractivity (Wildman–Crippen MR) is 113 cm³/mol. The minimum absolute atomic E-state index is 0.139. The van der Waals surface area contributed by atoms with Crippen molar-refractivity contribution in [1.29, 1.82) is 0 Å². The molecule has 0 atom stereocenters. The van der Waals surface area contributed by atoms with Crippen molar-refractivity contribution in [3.05, 3.63) is 59.6 Å². The van der Waals surface area contributed by atoms with Gasteiger partial charge in [-0.2, -0.15) is 0 Å². The van der Waals surface area contributed by atoms with Crippen LogP contribution in [0.1, 0.15) is 32.4 Å². The lowest BCUT2D eigenvalue weighted by Gasteiger charge is -2.16. The monoisotopic (exact) mass is 431 g/mol. The molecule has 0 unspecified atom stereocenters. The number of thioether (sulfide) groups is 1. The number of aromatic nitrogens is 2. The van der Waals surface area contributed by atoms with Crippen LogP contribution in [0.3, 0.4) is 0 Å². The lowest BCUT2D eigenvalue weighted by Crippen LogP contribution is -2.18. The quantitative estimate of drug-likeness (QED) is 0.229. The van der Waals surface area contributed by atoms with Gasteiger partial charge in [0.15, 0.2) is 22.5 Å². The molecule has 8 heteroatoms. The van der Waals surface area contributed by atoms with E-state index in [-0.39, 0.29) is 11.5 Å². The van der Waals surface area contributed by atoms with Crippen LogP contribution in [0.4, 0.5) is 8.78 Å². The van der Waals surface area contributed by atoms with E-state index >= 15 is 0 Å². The molecule has 0 aliphatic heterocycles. The van der Waals surface area contributed by atoms with E-state index in [2.05, 4.69) is 9.97 Å². The molecule has 1 saturated carbocycles. The van der Waals surface area contributed by atoms with Crippen LogP contribution in [-0.4, -0.2) is 34.1 Å². The smallest absolute Gasteiger partial charge is 0.213 e. The van der Waals surface area contributed by atoms with Crippen LogP contribution in [-0.2, 0) is 4.79 Å². The fraction of sp³-hybridized carbons (Fsp3) is 0.318. The highest BCUT2D eigenvalue weighted by Crippen LogP contribution is 2.34. The number of nitrogens with zero attached hydrogens (tertiary/aromatic N) is 3. The number of hydrogen-bond donors (Lipinski definition) is 0. The molecule has 30 heavy (non-hydrogen) atoms. The van der Waals surface area contributed by atoms with E-state index in [1.807, 2.05) is 26.2 Å². The Labute approximate surface area is 178 Å². The maximum absolute atomic E-state index is 14.1. The van der Waals surface area contributed by atoms with Crippen LogP contribution >= 0.6 is 11.8 Å². The summed E-state index contributed by atoms with van der Waals surface area (Å²) in [6, 6.07) is 3.08. The normalized spacial score (nSPS) is 13.7. The average molecular weight is 432 g/mol. The number of carbonyl (C=O) groups excluding carboxylic acids is 1. The van der Waals surface area contributed by atoms with Crippen molar-refractivity contribution in [3.8, 4) is 11.5 Å². The molecule has 1 aliphatic rings. The molecule has 1 aliphatic carbocycles. The summed E-state index contributed by atoms with van der Waals surface area (Å²) in [7, 11) is 0. The van der Waals surface area contributed by atoms with Gasteiger partial charge in [-0.15, -0.1) is 0 Å². The molecule has 1 heterocycles. The number of allylic oxidation sites excluding steroid dienone is 3. The van der Waals surface area contributed by atoms with Gasteiger partial charge < -0.3 is 9.64 Å². The zero-order chi connectivity index (χ0) is 21.7. The summed E-state index contributed by atoms with van der Waals surface area (Å²) >= 11 is 1.35. The van der Waals surface area contributed by atoms with E-state index in [1.54, 1.807) is 11.1 Å². The molecule has 0 bridgehead atoms. The number of benzene rings is 1. The Kier molecular flexibility index (Phi) is 7.20. The molecule has 3 rings (SSSR count). The highest BCUT2D eigenvalue weighted by atomic mass is 32.2. The van der Waals surface area contributed by atoms with Gasteiger partial charge in [0.1, 0.15) is 11.5 Å². The first-order valence-electron chi connectivity index (χ1n) is 9.51. The molecule has 1 aromatic heterocycles. The summed E-state index contributed by atoms with van der Waals surface area (Å²) in [5.41, 5.74) is 2.04. The van der Waals surface area contributed by atoms with E-state index < -0.39 is 11.6 Å². The number of carbonyl (C=O) groups is 1. The molecule has 1 aromatic carbocycles. The summed E-state index contributed by atoms with van der Waals surface area (Å²) in [4.78, 5) is 22.0. The second kappa shape index (κ2) is 9.84. The van der Waals surface area contributed by atoms with Gasteiger partial charge in [0.05, 0.1) is 6.20 Å². The van der Waals surface area contributed by atoms with Gasteiger partial charge in [-0.25, -0.2) is 18.7 Å². The summed E-state index contributed by atoms with van der Waals surface area (Å²) < 4.78 is 33.1. The summed E-state index contributed by atoms with van der Waals surface area (Å²) in [5.74, 6) is -0.943. The lowest BCUT2D eigenvalue weighted by molar-refractivity contribution is -0.116. The minimum atomic E-state index is -0.828. The molecule has 2 aromatic rings. The third kappa shape index (κ3) is 5.89. The zero-order valence-corrected chi connectivity index (χ0v) is 17.9. The SMILES string of the molecule is CSc1ncc(Oc2ccc(F)cc2F)c(/C(C=C(C)C)=C/N(C=O)CC2CC2)n1. The van der Waals surface area contributed by atoms with Crippen LogP contribution in [0.2, 0.25) is 0 Å². The number of amides is 1. The maximum Gasteiger partial charge on any atom is 0.213 e. The van der Waals surface area contributed by atoms with Crippen molar-refractivity contribution in [3.63, 3.8) is 0 Å². The van der Waals surface area contributed by atoms with Gasteiger partial charge in [-0.1, -0.05) is 23.4 Å². The molecule has 0 radical (unpaired) electrons. The summed E-state index contributed by atoms with van der Waals surface area (Å²) in [6.45, 7) is 4.49. The third-order valence-corrected chi connectivity index (χ3v) is 4.92. The van der Waals surface area contributed by atoms with Crippen molar-refractivity contribution < 1.29 is 18.3 Å². The predicted octanol–water partition coefficient (Wildman–Crippen LogP) is 5.44. The largest absolute Gasteiger partial charge is 0.450 e. The minimum Gasteiger partial charge on any atom is -0.450 e. The van der Waals surface area contributed by atoms with E-state index in [0.717, 1.165) is 37.0 Å². The Hall–Kier alpha value is -2.74. The highest BCUT2D eigenvalue weighted by molar-refractivity contribution is 7.98. The van der Waals surface area contributed by atoms with Crippen molar-refractivity contribution in [2.45, 2.75) is 31.8 Å². The van der Waals surface area contributed by atoms with E-state index in [4.69, 9.17) is 4.74 Å². The number of hydrogen-bond acceptors (Lipinski definition) is 5. The first-order chi connectivity index (χ1) is 14.4. The van der Waals surface area contributed by atoms with Crippen LogP contribution in [0.15, 0.2) is 47.4 Å². The Bertz CT molecular complexity index is 986. The molecule has 0 saturated heterocycles. The second-order valence-corrected chi connectivity index (χ2v) is 8.07. The fourth-order valence-corrected chi connectivity index (χ4v) is 3.13. The van der Waals surface area contributed by atoms with Gasteiger partial charge >= 0.3 is 0 Å². The fourth-order valence-electron chi connectivity index (χ4n) is 2.79. The van der Waals surface area contributed by atoms with Gasteiger partial charge in [0.2, 0.25) is 6.41 Å². The number of rotatable bonds is 9. The van der Waals surface area contributed by atoms with Crippen LogP contribution in [0.25, 0.3) is 5.57 Å². The van der Waals surface area contributed by atoms with Crippen LogP contribution in [0.5, 0.6) is 11.5 Å². The van der Waals surface area contributed by atoms with Crippen molar-refractivity contribution in [2.75, 3.05) is 12.8 Å². The topological polar surface area (TPSA) is 55.3 Å². The zero-order valence-electron chi connectivity index (χ0n) is 17.1. The molecule has 0 spiro atoms. The van der Waals surface area contributed by atoms with E-state index in [9.17, 15) is 13.6 Å². The standard InChI is InChI=1S/C22H23F2N3O2S/c1-14(2)8-16(12-27(13-28)11-15-4-5-15)21-20(10-25-22(26-21)30-3)29-19-7-6-17(23)9-18(19)24/h6-10,12-13,15H,4-5,11H2,1-3H3/b16-12+. The van der Waals surface area contributed by atoms with Crippen LogP contribution in [0, 0.1) is 17.6 Å². The van der Waals surface area contributed by atoms with Gasteiger partial charge in [0, 0.05) is 24.4 Å². The third-order valence-electron chi connectivity index (χ3n) is 4.35. The molecular formula is C22H23F2N3O2S. The first kappa shape index (κ1) is 22.0. The summed E-state index contributed by atoms with van der Waals surface area (Å²) in [6.07, 6.45) is 9.90. The molecule has 1 fully saturated rings. The molecule has 1 amide bonds. The first-order valence-corrected chi connectivity index (χ1v) is 10.7. The highest BCUT2D eigenvalue weighted by Gasteiger charge is 2.24. The van der Waals surface area contributed by atoms with Crippen molar-refractivity contribution >= 4 is 23.7 Å². The maximum atomic E-state index is 14.1. The number of ether oxygens (including phenoxy) is 1. The van der Waals surface area contributed by atoms with Gasteiger partial charge in [-0.3, -0.25) is 4.79 Å². The molecule has 5 nitrogen and oxygen atoms in total. The van der Waals surface area contributed by atoms with Crippen LogP contribution < -0.4 is 4.74 Å². The number of halogens is 2. The lowest BCUT2D eigenvalue weighted by atomic mass is 10.1. The molecule has 158 valence electrons. The summed E-state index contributed by atoms with van der Waals surface area (Å²) in [5, 5.41) is 0.504. The van der Waals surface area contributed by atoms with E-state index in [0.29, 0.717) is 28.9 Å². The van der Waals surface area contributed by atoms with E-state index in [1.165, 1.54) is 24.0 Å².